The van der Waals surface area contributed by atoms with Gasteiger partial charge in [-0.25, -0.2) is 13.1 Å². The lowest BCUT2D eigenvalue weighted by atomic mass is 10.0. The molecule has 0 spiro atoms. The minimum absolute atomic E-state index is 0.0217. The molecule has 2 N–H and O–H groups in total. The first-order chi connectivity index (χ1) is 12.6. The van der Waals surface area contributed by atoms with Gasteiger partial charge in [0.2, 0.25) is 15.9 Å². The molecule has 0 fully saturated rings. The maximum absolute atomic E-state index is 12.6. The van der Waals surface area contributed by atoms with Crippen LogP contribution in [0.25, 0.3) is 0 Å². The normalized spacial score (nSPS) is 12.5. The Bertz CT molecular complexity index is 898. The summed E-state index contributed by atoms with van der Waals surface area (Å²) in [6.45, 7) is 5.87. The molecule has 0 aliphatic rings. The van der Waals surface area contributed by atoms with Gasteiger partial charge < -0.3 is 10.1 Å². The summed E-state index contributed by atoms with van der Waals surface area (Å²) in [5, 5.41) is 2.92. The molecule has 2 aromatic carbocycles. The van der Waals surface area contributed by atoms with Gasteiger partial charge in [-0.05, 0) is 49.6 Å². The molecule has 0 aromatic heterocycles. The minimum Gasteiger partial charge on any atom is -0.497 e. The minimum atomic E-state index is -3.49. The van der Waals surface area contributed by atoms with E-state index in [1.165, 1.54) is 0 Å². The summed E-state index contributed by atoms with van der Waals surface area (Å²) in [4.78, 5) is 12.6. The number of carbonyl (C=O) groups is 1. The van der Waals surface area contributed by atoms with Crippen molar-refractivity contribution in [3.05, 3.63) is 58.7 Å². The van der Waals surface area contributed by atoms with Gasteiger partial charge in [0, 0.05) is 12.1 Å². The molecule has 0 unspecified atom stereocenters. The molecule has 0 saturated carbocycles. The van der Waals surface area contributed by atoms with Gasteiger partial charge in [-0.1, -0.05) is 29.8 Å². The van der Waals surface area contributed by atoms with Crippen LogP contribution in [-0.4, -0.2) is 27.7 Å². The van der Waals surface area contributed by atoms with Crippen molar-refractivity contribution in [2.24, 2.45) is 0 Å². The fourth-order valence-electron chi connectivity index (χ4n) is 3.08. The van der Waals surface area contributed by atoms with Gasteiger partial charge >= 0.3 is 0 Å². The molecule has 1 amide bonds. The van der Waals surface area contributed by atoms with Crippen molar-refractivity contribution in [2.45, 2.75) is 33.2 Å². The Kier molecular flexibility index (Phi) is 6.62. The topological polar surface area (TPSA) is 84.5 Å². The van der Waals surface area contributed by atoms with E-state index in [9.17, 15) is 13.2 Å². The van der Waals surface area contributed by atoms with E-state index < -0.39 is 16.1 Å². The molecule has 2 aromatic rings. The number of carbonyl (C=O) groups excluding carboxylic acids is 1. The Morgan fingerprint density at radius 3 is 2.11 bits per heavy atom. The highest BCUT2D eigenvalue weighted by atomic mass is 32.2. The van der Waals surface area contributed by atoms with E-state index >= 15 is 0 Å². The second-order valence-electron chi connectivity index (χ2n) is 6.74. The SMILES string of the molecule is COc1ccc([C@@H](CC(=O)Nc2c(C)cc(C)cc2C)NS(C)(=O)=O)cc1. The lowest BCUT2D eigenvalue weighted by molar-refractivity contribution is -0.116. The van der Waals surface area contributed by atoms with Crippen LogP contribution in [0.1, 0.15) is 34.7 Å². The highest BCUT2D eigenvalue weighted by molar-refractivity contribution is 7.88. The van der Waals surface area contributed by atoms with E-state index in [4.69, 9.17) is 4.74 Å². The summed E-state index contributed by atoms with van der Waals surface area (Å²) in [5.41, 5.74) is 4.51. The van der Waals surface area contributed by atoms with E-state index in [1.54, 1.807) is 31.4 Å². The van der Waals surface area contributed by atoms with Crippen LogP contribution in [0.3, 0.4) is 0 Å². The van der Waals surface area contributed by atoms with Crippen LogP contribution in [0.5, 0.6) is 5.75 Å². The van der Waals surface area contributed by atoms with Crippen molar-refractivity contribution in [3.63, 3.8) is 0 Å². The Hall–Kier alpha value is -2.38. The average molecular weight is 391 g/mol. The third-order valence-corrected chi connectivity index (χ3v) is 4.92. The molecule has 146 valence electrons. The predicted molar refractivity (Wildman–Crippen MR) is 108 cm³/mol. The Balaban J connectivity index is 2.22. The third kappa shape index (κ3) is 6.08. The van der Waals surface area contributed by atoms with Crippen molar-refractivity contribution in [3.8, 4) is 5.75 Å². The standard InChI is InChI=1S/C20H26N2O4S/c1-13-10-14(2)20(15(3)11-13)21-19(23)12-18(22-27(5,24)25)16-6-8-17(26-4)9-7-16/h6-11,18,22H,12H2,1-5H3,(H,21,23)/t18-/m1/s1. The van der Waals surface area contributed by atoms with E-state index in [2.05, 4.69) is 10.0 Å². The number of sulfonamides is 1. The van der Waals surface area contributed by atoms with E-state index in [1.807, 2.05) is 32.9 Å². The zero-order chi connectivity index (χ0) is 20.2. The number of rotatable bonds is 7. The number of methoxy groups -OCH3 is 1. The molecular weight excluding hydrogens is 364 g/mol. The number of nitrogens with one attached hydrogen (secondary N) is 2. The second kappa shape index (κ2) is 8.54. The first-order valence-electron chi connectivity index (χ1n) is 8.58. The number of ether oxygens (including phenoxy) is 1. The molecule has 0 radical (unpaired) electrons. The number of anilines is 1. The second-order valence-corrected chi connectivity index (χ2v) is 8.52. The van der Waals surface area contributed by atoms with Crippen LogP contribution in [0.15, 0.2) is 36.4 Å². The maximum Gasteiger partial charge on any atom is 0.226 e. The largest absolute Gasteiger partial charge is 0.497 e. The van der Waals surface area contributed by atoms with Crippen LogP contribution >= 0.6 is 0 Å². The van der Waals surface area contributed by atoms with Crippen molar-refractivity contribution in [1.82, 2.24) is 4.72 Å². The number of amides is 1. The van der Waals surface area contributed by atoms with Gasteiger partial charge in [0.1, 0.15) is 5.75 Å². The Morgan fingerprint density at radius 1 is 1.07 bits per heavy atom. The number of benzene rings is 2. The zero-order valence-corrected chi connectivity index (χ0v) is 17.1. The number of aryl methyl sites for hydroxylation is 3. The lowest BCUT2D eigenvalue weighted by Crippen LogP contribution is -2.31. The Morgan fingerprint density at radius 2 is 1.63 bits per heavy atom. The number of hydrogen-bond acceptors (Lipinski definition) is 4. The molecule has 0 heterocycles. The van der Waals surface area contributed by atoms with E-state index in [0.717, 1.165) is 28.6 Å². The highest BCUT2D eigenvalue weighted by Gasteiger charge is 2.21. The quantitative estimate of drug-likeness (QED) is 0.760. The summed E-state index contributed by atoms with van der Waals surface area (Å²) >= 11 is 0. The van der Waals surface area contributed by atoms with Gasteiger partial charge in [-0.2, -0.15) is 0 Å². The van der Waals surface area contributed by atoms with Crippen LogP contribution in [0.2, 0.25) is 0 Å². The van der Waals surface area contributed by atoms with Gasteiger partial charge in [0.05, 0.1) is 19.4 Å². The molecule has 0 bridgehead atoms. The average Bonchev–Trinajstić information content (AvgIpc) is 2.56. The monoisotopic (exact) mass is 390 g/mol. The van der Waals surface area contributed by atoms with Crippen LogP contribution in [0, 0.1) is 20.8 Å². The van der Waals surface area contributed by atoms with Crippen molar-refractivity contribution >= 4 is 21.6 Å². The summed E-state index contributed by atoms with van der Waals surface area (Å²) in [5.74, 6) is 0.397. The number of hydrogen-bond donors (Lipinski definition) is 2. The maximum atomic E-state index is 12.6. The zero-order valence-electron chi connectivity index (χ0n) is 16.3. The van der Waals surface area contributed by atoms with Crippen molar-refractivity contribution in [2.75, 3.05) is 18.7 Å². The highest BCUT2D eigenvalue weighted by Crippen LogP contribution is 2.25. The molecule has 6 nitrogen and oxygen atoms in total. The van der Waals surface area contributed by atoms with Crippen LogP contribution < -0.4 is 14.8 Å². The molecular formula is C20H26N2O4S. The van der Waals surface area contributed by atoms with Gasteiger partial charge in [-0.3, -0.25) is 4.79 Å². The van der Waals surface area contributed by atoms with Crippen LogP contribution in [-0.2, 0) is 14.8 Å². The van der Waals surface area contributed by atoms with E-state index in [-0.39, 0.29) is 12.3 Å². The molecule has 1 atom stereocenters. The molecule has 0 aliphatic carbocycles. The molecule has 27 heavy (non-hydrogen) atoms. The summed E-state index contributed by atoms with van der Waals surface area (Å²) in [6, 6.07) is 10.3. The molecule has 2 rings (SSSR count). The van der Waals surface area contributed by atoms with Gasteiger partial charge in [-0.15, -0.1) is 0 Å². The Labute approximate surface area is 161 Å². The smallest absolute Gasteiger partial charge is 0.226 e. The van der Waals surface area contributed by atoms with Crippen molar-refractivity contribution in [1.29, 1.82) is 0 Å². The first-order valence-corrected chi connectivity index (χ1v) is 10.5. The summed E-state index contributed by atoms with van der Waals surface area (Å²) in [6.07, 6.45) is 1.06. The fourth-order valence-corrected chi connectivity index (χ4v) is 3.81. The summed E-state index contributed by atoms with van der Waals surface area (Å²) in [7, 11) is -1.93. The predicted octanol–water partition coefficient (Wildman–Crippen LogP) is 3.24. The summed E-state index contributed by atoms with van der Waals surface area (Å²) < 4.78 is 31.2. The molecule has 0 saturated heterocycles. The first kappa shape index (κ1) is 20.9. The molecule has 7 heteroatoms. The van der Waals surface area contributed by atoms with Crippen molar-refractivity contribution < 1.29 is 17.9 Å². The van der Waals surface area contributed by atoms with Crippen LogP contribution in [0.4, 0.5) is 5.69 Å². The van der Waals surface area contributed by atoms with Gasteiger partial charge in [0.15, 0.2) is 0 Å². The lowest BCUT2D eigenvalue weighted by Gasteiger charge is -2.19. The van der Waals surface area contributed by atoms with Gasteiger partial charge in [0.25, 0.3) is 0 Å². The molecule has 0 aliphatic heterocycles. The third-order valence-electron chi connectivity index (χ3n) is 4.21. The van der Waals surface area contributed by atoms with E-state index in [0.29, 0.717) is 11.3 Å². The fraction of sp³-hybridized carbons (Fsp3) is 0.350.